The summed E-state index contributed by atoms with van der Waals surface area (Å²) in [6.07, 6.45) is 4.83. The molecule has 2 aromatic carbocycles. The number of quaternary nitrogens is 1. The third kappa shape index (κ3) is 4.88. The molecule has 0 fully saturated rings. The van der Waals surface area contributed by atoms with Crippen LogP contribution in [0, 0.1) is 0 Å². The Morgan fingerprint density at radius 1 is 1.22 bits per heavy atom. The van der Waals surface area contributed by atoms with E-state index < -0.39 is 0 Å². The van der Waals surface area contributed by atoms with Crippen LogP contribution in [-0.4, -0.2) is 51.4 Å². The van der Waals surface area contributed by atoms with Gasteiger partial charge in [0.2, 0.25) is 12.5 Å². The number of hydrogen-bond acceptors (Lipinski definition) is 5. The zero-order valence-electron chi connectivity index (χ0n) is 19.0. The van der Waals surface area contributed by atoms with Gasteiger partial charge in [-0.25, -0.2) is 0 Å². The van der Waals surface area contributed by atoms with Crippen molar-refractivity contribution in [2.45, 2.75) is 25.8 Å². The van der Waals surface area contributed by atoms with Gasteiger partial charge in [-0.1, -0.05) is 18.2 Å². The van der Waals surface area contributed by atoms with Gasteiger partial charge in [-0.3, -0.25) is 4.79 Å². The minimum Gasteiger partial charge on any atom is -1.00 e. The van der Waals surface area contributed by atoms with Gasteiger partial charge in [0.1, 0.15) is 11.8 Å². The Bertz CT molecular complexity index is 1000. The Kier molecular flexibility index (Phi) is 7.71. The van der Waals surface area contributed by atoms with E-state index >= 15 is 0 Å². The van der Waals surface area contributed by atoms with Crippen molar-refractivity contribution in [1.29, 1.82) is 0 Å². The molecular weight excluding hydrogens is 521 g/mol. The second kappa shape index (κ2) is 10.1. The molecular formula is C25H30INO5. The number of allylic oxidation sites excluding steroid dienone is 1. The Morgan fingerprint density at radius 3 is 2.66 bits per heavy atom. The summed E-state index contributed by atoms with van der Waals surface area (Å²) in [4.78, 5) is 13.0. The summed E-state index contributed by atoms with van der Waals surface area (Å²) in [5.41, 5.74) is 3.20. The quantitative estimate of drug-likeness (QED) is 0.294. The molecule has 32 heavy (non-hydrogen) atoms. The minimum absolute atomic E-state index is 0. The Balaban J connectivity index is 0.00000289. The minimum atomic E-state index is -0.0225. The smallest absolute Gasteiger partial charge is 0.231 e. The molecule has 0 saturated carbocycles. The summed E-state index contributed by atoms with van der Waals surface area (Å²) >= 11 is 0. The lowest BCUT2D eigenvalue weighted by molar-refractivity contribution is -0.922. The van der Waals surface area contributed by atoms with Crippen molar-refractivity contribution in [1.82, 2.24) is 0 Å². The molecule has 0 amide bonds. The fourth-order valence-corrected chi connectivity index (χ4v) is 4.40. The summed E-state index contributed by atoms with van der Waals surface area (Å²) in [7, 11) is 5.99. The summed E-state index contributed by atoms with van der Waals surface area (Å²) < 4.78 is 23.2. The predicted molar refractivity (Wildman–Crippen MR) is 119 cm³/mol. The number of halogens is 1. The second-order valence-corrected chi connectivity index (χ2v) is 8.49. The van der Waals surface area contributed by atoms with Crippen LogP contribution in [-0.2, 0) is 11.2 Å². The molecule has 2 aliphatic rings. The standard InChI is InChI=1S/C25H30NO5.HI/c1-5-29-20-10-7-17(8-11-20)6-9-19(27)15-21-23-18(12-13-26(21,2)3)14-22-24(25(23)28-4)31-16-30-22;/h6-11,14,21H,5,12-13,15-16H2,1-4H3;1H/q+1;/p-1/b9-6+;. The Morgan fingerprint density at radius 2 is 1.97 bits per heavy atom. The maximum Gasteiger partial charge on any atom is 0.231 e. The monoisotopic (exact) mass is 551 g/mol. The van der Waals surface area contributed by atoms with Crippen LogP contribution < -0.4 is 42.9 Å². The van der Waals surface area contributed by atoms with Gasteiger partial charge >= 0.3 is 0 Å². The molecule has 0 aliphatic carbocycles. The van der Waals surface area contributed by atoms with Crippen LogP contribution in [0.3, 0.4) is 0 Å². The zero-order valence-corrected chi connectivity index (χ0v) is 21.2. The van der Waals surface area contributed by atoms with E-state index in [0.717, 1.165) is 35.6 Å². The van der Waals surface area contributed by atoms with Crippen molar-refractivity contribution in [3.8, 4) is 23.0 Å². The number of fused-ring (bicyclic) bond motifs is 2. The highest BCUT2D eigenvalue weighted by atomic mass is 127. The van der Waals surface area contributed by atoms with Crippen LogP contribution in [0.25, 0.3) is 6.08 Å². The molecule has 172 valence electrons. The fraction of sp³-hybridized carbons (Fsp3) is 0.400. The van der Waals surface area contributed by atoms with E-state index in [1.54, 1.807) is 13.2 Å². The molecule has 0 N–H and O–H groups in total. The fourth-order valence-electron chi connectivity index (χ4n) is 4.40. The van der Waals surface area contributed by atoms with Crippen molar-refractivity contribution in [3.05, 3.63) is 53.1 Å². The van der Waals surface area contributed by atoms with E-state index in [-0.39, 0.29) is 42.6 Å². The number of carbonyl (C=O) groups is 1. The number of nitrogens with zero attached hydrogens (tertiary/aromatic N) is 1. The number of hydrogen-bond donors (Lipinski definition) is 0. The molecule has 0 radical (unpaired) electrons. The normalized spacial score (nSPS) is 18.1. The SMILES string of the molecule is CCOc1ccc(/C=C/C(=O)CC2c3c(cc4c(c3OC)OCO4)CC[N+]2(C)C)cc1.[I-]. The lowest BCUT2D eigenvalue weighted by Crippen LogP contribution is -3.00. The maximum atomic E-state index is 13.0. The summed E-state index contributed by atoms with van der Waals surface area (Å²) in [5.74, 6) is 2.98. The van der Waals surface area contributed by atoms with Crippen LogP contribution in [0.2, 0.25) is 0 Å². The lowest BCUT2D eigenvalue weighted by Gasteiger charge is -2.43. The highest BCUT2D eigenvalue weighted by Gasteiger charge is 2.41. The molecule has 2 aromatic rings. The number of rotatable bonds is 7. The van der Waals surface area contributed by atoms with Gasteiger partial charge in [-0.15, -0.1) is 0 Å². The number of carbonyl (C=O) groups excluding carboxylic acids is 1. The van der Waals surface area contributed by atoms with Gasteiger partial charge < -0.3 is 47.4 Å². The van der Waals surface area contributed by atoms with Crippen LogP contribution in [0.15, 0.2) is 36.4 Å². The lowest BCUT2D eigenvalue weighted by atomic mass is 9.86. The first kappa shape index (κ1) is 24.4. The van der Waals surface area contributed by atoms with Crippen LogP contribution in [0.4, 0.5) is 0 Å². The molecule has 2 heterocycles. The first-order valence-corrected chi connectivity index (χ1v) is 10.7. The maximum absolute atomic E-state index is 13.0. The second-order valence-electron chi connectivity index (χ2n) is 8.49. The van der Waals surface area contributed by atoms with E-state index in [4.69, 9.17) is 18.9 Å². The van der Waals surface area contributed by atoms with E-state index in [9.17, 15) is 4.79 Å². The zero-order chi connectivity index (χ0) is 22.0. The van der Waals surface area contributed by atoms with Gasteiger partial charge in [0.05, 0.1) is 46.3 Å². The molecule has 2 aliphatic heterocycles. The topological polar surface area (TPSA) is 54.0 Å². The van der Waals surface area contributed by atoms with Gasteiger partial charge in [0.15, 0.2) is 17.3 Å². The molecule has 4 rings (SSSR count). The van der Waals surface area contributed by atoms with Crippen LogP contribution >= 0.6 is 0 Å². The number of benzene rings is 2. The molecule has 0 aromatic heterocycles. The van der Waals surface area contributed by atoms with Crippen molar-refractivity contribution in [2.24, 2.45) is 0 Å². The number of methoxy groups -OCH3 is 1. The average molecular weight is 551 g/mol. The van der Waals surface area contributed by atoms with Crippen molar-refractivity contribution >= 4 is 11.9 Å². The first-order chi connectivity index (χ1) is 14.9. The molecule has 7 heteroatoms. The highest BCUT2D eigenvalue weighted by molar-refractivity contribution is 5.94. The van der Waals surface area contributed by atoms with Crippen LogP contribution in [0.1, 0.15) is 36.1 Å². The molecule has 6 nitrogen and oxygen atoms in total. The highest BCUT2D eigenvalue weighted by Crippen LogP contribution is 2.51. The number of ether oxygens (including phenoxy) is 4. The summed E-state index contributed by atoms with van der Waals surface area (Å²) in [6.45, 7) is 3.73. The summed E-state index contributed by atoms with van der Waals surface area (Å²) in [6, 6.07) is 9.76. The predicted octanol–water partition coefficient (Wildman–Crippen LogP) is 1.17. The van der Waals surface area contributed by atoms with E-state index in [1.807, 2.05) is 43.3 Å². The van der Waals surface area contributed by atoms with Crippen molar-refractivity contribution < 1.29 is 52.2 Å². The Hall–Kier alpha value is -2.26. The molecule has 1 atom stereocenters. The third-order valence-electron chi connectivity index (χ3n) is 6.13. The number of likely N-dealkylation sites (N-methyl/N-ethyl adjacent to an activating group) is 1. The molecule has 0 saturated heterocycles. The van der Waals surface area contributed by atoms with Gasteiger partial charge in [0, 0.05) is 6.42 Å². The largest absolute Gasteiger partial charge is 1.00 e. The van der Waals surface area contributed by atoms with Crippen molar-refractivity contribution in [3.63, 3.8) is 0 Å². The Labute approximate surface area is 206 Å². The molecule has 1 unspecified atom stereocenters. The average Bonchev–Trinajstić information content (AvgIpc) is 3.22. The third-order valence-corrected chi connectivity index (χ3v) is 6.13. The van der Waals surface area contributed by atoms with Gasteiger partial charge in [0.25, 0.3) is 0 Å². The van der Waals surface area contributed by atoms with Gasteiger partial charge in [-0.2, -0.15) is 0 Å². The van der Waals surface area contributed by atoms with Crippen molar-refractivity contribution in [2.75, 3.05) is 41.1 Å². The van der Waals surface area contributed by atoms with Crippen LogP contribution in [0.5, 0.6) is 23.0 Å². The number of ketones is 1. The van der Waals surface area contributed by atoms with E-state index in [1.165, 1.54) is 5.56 Å². The van der Waals surface area contributed by atoms with E-state index in [0.29, 0.717) is 29.0 Å². The van der Waals surface area contributed by atoms with E-state index in [2.05, 4.69) is 14.1 Å². The molecule has 0 bridgehead atoms. The first-order valence-electron chi connectivity index (χ1n) is 10.7. The van der Waals surface area contributed by atoms with Gasteiger partial charge in [-0.05, 0) is 42.3 Å². The summed E-state index contributed by atoms with van der Waals surface area (Å²) in [5, 5.41) is 0. The molecule has 0 spiro atoms.